The van der Waals surface area contributed by atoms with Gasteiger partial charge in [0.2, 0.25) is 5.84 Å². The topological polar surface area (TPSA) is 48.6 Å². The van der Waals surface area contributed by atoms with Crippen LogP contribution in [0.1, 0.15) is 0 Å². The number of para-hydroxylation sites is 1. The molecule has 21 heavy (non-hydrogen) atoms. The van der Waals surface area contributed by atoms with Crippen molar-refractivity contribution >= 4 is 17.8 Å². The molecule has 0 aromatic heterocycles. The van der Waals surface area contributed by atoms with Gasteiger partial charge >= 0.3 is 0 Å². The molecule has 4 nitrogen and oxygen atoms in total. The second-order valence-electron chi connectivity index (χ2n) is 4.26. The molecule has 0 N–H and O–H groups in total. The Morgan fingerprint density at radius 1 is 1.19 bits per heavy atom. The van der Waals surface area contributed by atoms with E-state index >= 15 is 0 Å². The van der Waals surface area contributed by atoms with Crippen LogP contribution in [-0.2, 0) is 0 Å². The zero-order valence-corrected chi connectivity index (χ0v) is 11.7. The van der Waals surface area contributed by atoms with E-state index in [1.807, 2.05) is 24.3 Å². The molecule has 2 aromatic carbocycles. The van der Waals surface area contributed by atoms with E-state index < -0.39 is 0 Å². The van der Waals surface area contributed by atoms with Crippen LogP contribution in [0.2, 0.25) is 0 Å². The summed E-state index contributed by atoms with van der Waals surface area (Å²) in [5.74, 6) is 0.996. The molecule has 1 aliphatic heterocycles. The lowest BCUT2D eigenvalue weighted by atomic mass is 10.0. The number of nitriles is 1. The Kier molecular flexibility index (Phi) is 3.75. The Hall–Kier alpha value is -2.52. The molecule has 0 bridgehead atoms. The monoisotopic (exact) mass is 299 g/mol. The van der Waals surface area contributed by atoms with Crippen molar-refractivity contribution in [3.05, 3.63) is 54.3 Å². The van der Waals surface area contributed by atoms with Crippen molar-refractivity contribution in [2.45, 2.75) is 0 Å². The molecule has 104 valence electrons. The van der Waals surface area contributed by atoms with Crippen LogP contribution in [0.25, 0.3) is 11.1 Å². The largest absolute Gasteiger partial charge is 0.376 e. The number of benzene rings is 2. The number of hydroxylamine groups is 2. The van der Waals surface area contributed by atoms with Gasteiger partial charge in [0.25, 0.3) is 0 Å². The van der Waals surface area contributed by atoms with Crippen LogP contribution < -0.4 is 4.84 Å². The summed E-state index contributed by atoms with van der Waals surface area (Å²) in [4.78, 5) is 5.76. The van der Waals surface area contributed by atoms with Gasteiger partial charge in [-0.2, -0.15) is 14.7 Å². The average molecular weight is 299 g/mol. The van der Waals surface area contributed by atoms with Crippen molar-refractivity contribution < 1.29 is 9.23 Å². The molecule has 1 aliphatic rings. The maximum atomic E-state index is 13.0. The molecule has 0 spiro atoms. The molecule has 0 unspecified atom stereocenters. The fourth-order valence-corrected chi connectivity index (χ4v) is 2.52. The first-order valence-electron chi connectivity index (χ1n) is 6.18. The summed E-state index contributed by atoms with van der Waals surface area (Å²) in [5, 5.41) is 10.4. The third-order valence-electron chi connectivity index (χ3n) is 2.91. The van der Waals surface area contributed by atoms with Gasteiger partial charge in [0.15, 0.2) is 5.75 Å². The SMILES string of the molecule is N#CC1=NSCN1Oc1ccccc1-c1ccc(F)cc1. The summed E-state index contributed by atoms with van der Waals surface area (Å²) in [5.41, 5.74) is 1.67. The van der Waals surface area contributed by atoms with E-state index in [0.29, 0.717) is 11.6 Å². The van der Waals surface area contributed by atoms with Gasteiger partial charge in [-0.15, -0.1) is 0 Å². The summed E-state index contributed by atoms with van der Waals surface area (Å²) in [6.45, 7) is 0. The van der Waals surface area contributed by atoms with E-state index in [-0.39, 0.29) is 11.7 Å². The summed E-state index contributed by atoms with van der Waals surface area (Å²) in [6, 6.07) is 15.6. The minimum absolute atomic E-state index is 0.230. The van der Waals surface area contributed by atoms with E-state index in [1.165, 1.54) is 29.1 Å². The lowest BCUT2D eigenvalue weighted by Gasteiger charge is -2.18. The highest BCUT2D eigenvalue weighted by Crippen LogP contribution is 2.31. The quantitative estimate of drug-likeness (QED) is 0.812. The maximum absolute atomic E-state index is 13.0. The molecule has 0 atom stereocenters. The lowest BCUT2D eigenvalue weighted by molar-refractivity contribution is 0.0459. The van der Waals surface area contributed by atoms with E-state index in [1.54, 1.807) is 18.2 Å². The highest BCUT2D eigenvalue weighted by atomic mass is 32.2. The van der Waals surface area contributed by atoms with Gasteiger partial charge in [-0.1, -0.05) is 30.3 Å². The number of nitrogens with zero attached hydrogens (tertiary/aromatic N) is 3. The molecule has 6 heteroatoms. The third kappa shape index (κ3) is 2.83. The van der Waals surface area contributed by atoms with E-state index in [9.17, 15) is 4.39 Å². The second kappa shape index (κ2) is 5.85. The Morgan fingerprint density at radius 3 is 2.71 bits per heavy atom. The predicted molar refractivity (Wildman–Crippen MR) is 79.8 cm³/mol. The fourth-order valence-electron chi connectivity index (χ4n) is 1.93. The van der Waals surface area contributed by atoms with Crippen molar-refractivity contribution in [2.24, 2.45) is 4.40 Å². The van der Waals surface area contributed by atoms with Crippen molar-refractivity contribution in [3.8, 4) is 22.9 Å². The highest BCUT2D eigenvalue weighted by Gasteiger charge is 2.20. The van der Waals surface area contributed by atoms with Gasteiger partial charge < -0.3 is 4.84 Å². The molecule has 3 rings (SSSR count). The zero-order valence-electron chi connectivity index (χ0n) is 10.9. The van der Waals surface area contributed by atoms with Crippen molar-refractivity contribution in [3.63, 3.8) is 0 Å². The molecule has 0 saturated carbocycles. The van der Waals surface area contributed by atoms with Crippen LogP contribution in [0.15, 0.2) is 52.9 Å². The average Bonchev–Trinajstić information content (AvgIpc) is 2.96. The van der Waals surface area contributed by atoms with Crippen LogP contribution in [0.5, 0.6) is 5.75 Å². The molecule has 1 heterocycles. The van der Waals surface area contributed by atoms with Gasteiger partial charge in [0.1, 0.15) is 17.8 Å². The van der Waals surface area contributed by atoms with E-state index in [0.717, 1.165) is 11.1 Å². The minimum Gasteiger partial charge on any atom is -0.376 e. The van der Waals surface area contributed by atoms with Gasteiger partial charge in [0.05, 0.1) is 0 Å². The number of rotatable bonds is 3. The van der Waals surface area contributed by atoms with Gasteiger partial charge in [-0.05, 0) is 23.8 Å². The maximum Gasteiger partial charge on any atom is 0.249 e. The van der Waals surface area contributed by atoms with E-state index in [2.05, 4.69) is 4.40 Å². The molecule has 2 aromatic rings. The first-order valence-corrected chi connectivity index (χ1v) is 7.13. The molecule has 0 saturated heterocycles. The number of halogens is 1. The fraction of sp³-hybridized carbons (Fsp3) is 0.0667. The third-order valence-corrected chi connectivity index (χ3v) is 3.57. The summed E-state index contributed by atoms with van der Waals surface area (Å²) in [6.07, 6.45) is 0. The van der Waals surface area contributed by atoms with Crippen LogP contribution in [0.4, 0.5) is 4.39 Å². The van der Waals surface area contributed by atoms with E-state index in [4.69, 9.17) is 10.1 Å². The van der Waals surface area contributed by atoms with Crippen LogP contribution in [-0.4, -0.2) is 16.8 Å². The second-order valence-corrected chi connectivity index (χ2v) is 4.96. The van der Waals surface area contributed by atoms with Gasteiger partial charge in [0, 0.05) is 17.5 Å². The van der Waals surface area contributed by atoms with Crippen LogP contribution in [0, 0.1) is 17.1 Å². The summed E-state index contributed by atoms with van der Waals surface area (Å²) < 4.78 is 17.0. The number of hydrogen-bond acceptors (Lipinski definition) is 5. The Labute approximate surface area is 125 Å². The van der Waals surface area contributed by atoms with Gasteiger partial charge in [-0.3, -0.25) is 0 Å². The standard InChI is InChI=1S/C15H10FN3OS/c16-12-7-5-11(6-8-12)13-3-1-2-4-14(13)20-19-10-21-18-15(19)9-17/h1-8H,10H2. The molecular weight excluding hydrogens is 289 g/mol. The molecule has 0 aliphatic carbocycles. The molecular formula is C15H10FN3OS. The smallest absolute Gasteiger partial charge is 0.249 e. The highest BCUT2D eigenvalue weighted by molar-refractivity contribution is 7.98. The van der Waals surface area contributed by atoms with Gasteiger partial charge in [-0.25, -0.2) is 4.39 Å². The summed E-state index contributed by atoms with van der Waals surface area (Å²) in [7, 11) is 0. The Morgan fingerprint density at radius 2 is 1.95 bits per heavy atom. The Balaban J connectivity index is 1.92. The number of hydrogen-bond donors (Lipinski definition) is 0. The lowest BCUT2D eigenvalue weighted by Crippen LogP contribution is -2.29. The minimum atomic E-state index is -0.285. The first kappa shape index (κ1) is 13.5. The Bertz CT molecular complexity index is 724. The van der Waals surface area contributed by atoms with Crippen LogP contribution >= 0.6 is 11.9 Å². The van der Waals surface area contributed by atoms with Crippen molar-refractivity contribution in [1.29, 1.82) is 5.26 Å². The molecule has 0 fully saturated rings. The van der Waals surface area contributed by atoms with Crippen molar-refractivity contribution in [2.75, 3.05) is 5.88 Å². The zero-order chi connectivity index (χ0) is 14.7. The number of amidine groups is 1. The normalized spacial score (nSPS) is 13.7. The molecule has 0 amide bonds. The van der Waals surface area contributed by atoms with Crippen LogP contribution in [0.3, 0.4) is 0 Å². The first-order chi connectivity index (χ1) is 10.3. The summed E-state index contributed by atoms with van der Waals surface area (Å²) >= 11 is 1.25. The van der Waals surface area contributed by atoms with Crippen molar-refractivity contribution in [1.82, 2.24) is 5.06 Å². The predicted octanol–water partition coefficient (Wildman–Crippen LogP) is 3.63. The molecule has 0 radical (unpaired) electrons.